The van der Waals surface area contributed by atoms with Crippen LogP contribution in [0.4, 0.5) is 0 Å². The Morgan fingerprint density at radius 3 is 3.00 bits per heavy atom. The lowest BCUT2D eigenvalue weighted by Crippen LogP contribution is -2.29. The molecule has 84 valence electrons. The molecule has 1 aliphatic heterocycles. The van der Waals surface area contributed by atoms with Crippen molar-refractivity contribution in [3.8, 4) is 0 Å². The number of aliphatic hydroxyl groups is 1. The van der Waals surface area contributed by atoms with Gasteiger partial charge in [-0.25, -0.2) is 0 Å². The Balaban J connectivity index is 2.34. The molecule has 0 spiro atoms. The van der Waals surface area contributed by atoms with Gasteiger partial charge >= 0.3 is 0 Å². The lowest BCUT2D eigenvalue weighted by Gasteiger charge is -2.26. The Hall–Kier alpha value is -0.580. The van der Waals surface area contributed by atoms with Crippen LogP contribution in [0.25, 0.3) is 0 Å². The summed E-state index contributed by atoms with van der Waals surface area (Å²) in [4.78, 5) is 0. The fourth-order valence-corrected chi connectivity index (χ4v) is 2.45. The molecule has 2 heterocycles. The van der Waals surface area contributed by atoms with Gasteiger partial charge in [-0.05, 0) is 12.8 Å². The van der Waals surface area contributed by atoms with E-state index in [1.807, 2.05) is 0 Å². The third kappa shape index (κ3) is 2.02. The average molecular weight is 231 g/mol. The zero-order valence-electron chi connectivity index (χ0n) is 8.74. The summed E-state index contributed by atoms with van der Waals surface area (Å²) in [5.74, 6) is 0. The maximum absolute atomic E-state index is 10.5. The minimum Gasteiger partial charge on any atom is -0.383 e. The molecule has 1 unspecified atom stereocenters. The van der Waals surface area contributed by atoms with Crippen LogP contribution >= 0.6 is 11.6 Å². The van der Waals surface area contributed by atoms with Crippen molar-refractivity contribution in [2.45, 2.75) is 24.9 Å². The number of rotatable bonds is 1. The molecule has 0 radical (unpaired) electrons. The van der Waals surface area contributed by atoms with Crippen LogP contribution in [-0.2, 0) is 17.4 Å². The second kappa shape index (κ2) is 4.12. The van der Waals surface area contributed by atoms with E-state index in [1.165, 1.54) is 0 Å². The Morgan fingerprint density at radius 2 is 2.33 bits per heavy atom. The topological polar surface area (TPSA) is 47.3 Å². The maximum atomic E-state index is 10.5. The standard InChI is InChI=1S/C10H15ClN2O2/c1-13-9(8(11)7-12-13)10(14)3-2-5-15-6-4-10/h7,14H,2-6H2,1H3. The Labute approximate surface area is 93.8 Å². The van der Waals surface area contributed by atoms with Crippen LogP contribution in [0.1, 0.15) is 25.0 Å². The molecule has 4 nitrogen and oxygen atoms in total. The first-order chi connectivity index (χ1) is 7.13. The molecule has 5 heteroatoms. The molecule has 1 aliphatic rings. The van der Waals surface area contributed by atoms with E-state index < -0.39 is 5.60 Å². The third-order valence-electron chi connectivity index (χ3n) is 2.87. The molecule has 1 fully saturated rings. The van der Waals surface area contributed by atoms with Gasteiger partial charge in [-0.15, -0.1) is 0 Å². The van der Waals surface area contributed by atoms with E-state index in [1.54, 1.807) is 17.9 Å². The Morgan fingerprint density at radius 1 is 1.53 bits per heavy atom. The van der Waals surface area contributed by atoms with Gasteiger partial charge in [-0.2, -0.15) is 5.10 Å². The number of hydrogen-bond donors (Lipinski definition) is 1. The Bertz CT molecular complexity index is 324. The SMILES string of the molecule is Cn1ncc(Cl)c1C1(O)CCCOCC1. The number of ether oxygens (including phenoxy) is 1. The quantitative estimate of drug-likeness (QED) is 0.795. The van der Waals surface area contributed by atoms with Crippen LogP contribution in [0, 0.1) is 0 Å². The van der Waals surface area contributed by atoms with Crippen LogP contribution in [0.5, 0.6) is 0 Å². The molecular formula is C10H15ClN2O2. The monoisotopic (exact) mass is 230 g/mol. The van der Waals surface area contributed by atoms with Crippen LogP contribution in [0.15, 0.2) is 6.20 Å². The van der Waals surface area contributed by atoms with E-state index in [0.717, 1.165) is 6.42 Å². The Kier molecular flexibility index (Phi) is 3.00. The van der Waals surface area contributed by atoms with Gasteiger partial charge in [0.1, 0.15) is 5.60 Å². The zero-order chi connectivity index (χ0) is 10.9. The normalized spacial score (nSPS) is 27.7. The largest absolute Gasteiger partial charge is 0.383 e. The van der Waals surface area contributed by atoms with Crippen LogP contribution in [0.3, 0.4) is 0 Å². The van der Waals surface area contributed by atoms with Gasteiger partial charge in [0, 0.05) is 26.7 Å². The van der Waals surface area contributed by atoms with Gasteiger partial charge in [-0.1, -0.05) is 11.6 Å². The first kappa shape index (κ1) is 10.9. The first-order valence-corrected chi connectivity index (χ1v) is 5.49. The average Bonchev–Trinajstić information content (AvgIpc) is 2.40. The van der Waals surface area contributed by atoms with E-state index in [-0.39, 0.29) is 0 Å². The van der Waals surface area contributed by atoms with E-state index in [0.29, 0.717) is 36.8 Å². The van der Waals surface area contributed by atoms with Crippen molar-refractivity contribution in [1.29, 1.82) is 0 Å². The maximum Gasteiger partial charge on any atom is 0.110 e. The summed E-state index contributed by atoms with van der Waals surface area (Å²) >= 11 is 6.04. The molecule has 0 aliphatic carbocycles. The zero-order valence-corrected chi connectivity index (χ0v) is 9.50. The predicted molar refractivity (Wildman–Crippen MR) is 56.8 cm³/mol. The van der Waals surface area contributed by atoms with Crippen LogP contribution in [-0.4, -0.2) is 28.1 Å². The minimum absolute atomic E-state index is 0.530. The predicted octanol–water partition coefficient (Wildman–Crippen LogP) is 1.46. The molecule has 0 amide bonds. The van der Waals surface area contributed by atoms with Crippen LogP contribution in [0.2, 0.25) is 5.02 Å². The fourth-order valence-electron chi connectivity index (χ4n) is 2.11. The van der Waals surface area contributed by atoms with Gasteiger partial charge in [-0.3, -0.25) is 4.68 Å². The first-order valence-electron chi connectivity index (χ1n) is 5.11. The van der Waals surface area contributed by atoms with Gasteiger partial charge in [0.2, 0.25) is 0 Å². The number of aryl methyl sites for hydroxylation is 1. The van der Waals surface area contributed by atoms with Gasteiger partial charge < -0.3 is 9.84 Å². The summed E-state index contributed by atoms with van der Waals surface area (Å²) in [7, 11) is 1.80. The van der Waals surface area contributed by atoms with E-state index in [2.05, 4.69) is 5.10 Å². The third-order valence-corrected chi connectivity index (χ3v) is 3.15. The molecule has 1 aromatic rings. The fraction of sp³-hybridized carbons (Fsp3) is 0.700. The number of hydrogen-bond acceptors (Lipinski definition) is 3. The van der Waals surface area contributed by atoms with Gasteiger partial charge in [0.05, 0.1) is 16.9 Å². The van der Waals surface area contributed by atoms with Crippen LogP contribution < -0.4 is 0 Å². The van der Waals surface area contributed by atoms with Gasteiger partial charge in [0.15, 0.2) is 0 Å². The highest BCUT2D eigenvalue weighted by atomic mass is 35.5. The molecule has 2 rings (SSSR count). The summed E-state index contributed by atoms with van der Waals surface area (Å²) in [6, 6.07) is 0. The summed E-state index contributed by atoms with van der Waals surface area (Å²) in [6.45, 7) is 1.27. The van der Waals surface area contributed by atoms with E-state index >= 15 is 0 Å². The van der Waals surface area contributed by atoms with Crippen molar-refractivity contribution < 1.29 is 9.84 Å². The molecular weight excluding hydrogens is 216 g/mol. The second-order valence-electron chi connectivity index (χ2n) is 3.96. The lowest BCUT2D eigenvalue weighted by atomic mass is 9.91. The highest BCUT2D eigenvalue weighted by molar-refractivity contribution is 6.31. The molecule has 15 heavy (non-hydrogen) atoms. The lowest BCUT2D eigenvalue weighted by molar-refractivity contribution is 0.00718. The number of aromatic nitrogens is 2. The molecule has 1 saturated heterocycles. The minimum atomic E-state index is -0.890. The van der Waals surface area contributed by atoms with Crippen molar-refractivity contribution in [2.24, 2.45) is 7.05 Å². The summed E-state index contributed by atoms with van der Waals surface area (Å²) in [6.07, 6.45) is 3.66. The summed E-state index contributed by atoms with van der Waals surface area (Å²) in [5, 5.41) is 15.1. The van der Waals surface area contributed by atoms with Crippen molar-refractivity contribution in [2.75, 3.05) is 13.2 Å². The van der Waals surface area contributed by atoms with Gasteiger partial charge in [0.25, 0.3) is 0 Å². The molecule has 0 bridgehead atoms. The molecule has 1 N–H and O–H groups in total. The molecule has 1 atom stereocenters. The van der Waals surface area contributed by atoms with Crippen molar-refractivity contribution in [3.63, 3.8) is 0 Å². The molecule has 1 aromatic heterocycles. The van der Waals surface area contributed by atoms with E-state index in [4.69, 9.17) is 16.3 Å². The smallest absolute Gasteiger partial charge is 0.110 e. The number of halogens is 1. The number of nitrogens with zero attached hydrogens (tertiary/aromatic N) is 2. The summed E-state index contributed by atoms with van der Waals surface area (Å²) in [5.41, 5.74) is -0.187. The summed E-state index contributed by atoms with van der Waals surface area (Å²) < 4.78 is 6.98. The van der Waals surface area contributed by atoms with Crippen molar-refractivity contribution in [3.05, 3.63) is 16.9 Å². The molecule has 0 saturated carbocycles. The van der Waals surface area contributed by atoms with Crippen molar-refractivity contribution >= 4 is 11.6 Å². The molecule has 0 aromatic carbocycles. The highest BCUT2D eigenvalue weighted by Gasteiger charge is 2.35. The van der Waals surface area contributed by atoms with E-state index in [9.17, 15) is 5.11 Å². The second-order valence-corrected chi connectivity index (χ2v) is 4.37. The highest BCUT2D eigenvalue weighted by Crippen LogP contribution is 2.35. The van der Waals surface area contributed by atoms with Crippen molar-refractivity contribution in [1.82, 2.24) is 9.78 Å².